The Bertz CT molecular complexity index is 835. The second-order valence-electron chi connectivity index (χ2n) is 6.28. The second kappa shape index (κ2) is 6.21. The Morgan fingerprint density at radius 2 is 1.73 bits per heavy atom. The van der Waals surface area contributed by atoms with E-state index in [1.165, 1.54) is 6.07 Å². The van der Waals surface area contributed by atoms with Crippen LogP contribution in [0.25, 0.3) is 0 Å². The van der Waals surface area contributed by atoms with E-state index < -0.39 is 23.5 Å². The van der Waals surface area contributed by atoms with Crippen LogP contribution >= 0.6 is 0 Å². The van der Waals surface area contributed by atoms with Gasteiger partial charge in [0.1, 0.15) is 11.4 Å². The Hall–Kier alpha value is -2.74. The fraction of sp³-hybridized carbons (Fsp3) is 0.389. The minimum Gasteiger partial charge on any atom is -0.481 e. The van der Waals surface area contributed by atoms with E-state index in [2.05, 4.69) is 0 Å². The van der Waals surface area contributed by atoms with Crippen molar-refractivity contribution in [1.82, 2.24) is 0 Å². The molecule has 136 valence electrons. The molecule has 1 aliphatic carbocycles. The number of nitrogens with zero attached hydrogens (tertiary/aromatic N) is 2. The van der Waals surface area contributed by atoms with E-state index in [1.807, 2.05) is 0 Å². The Balaban J connectivity index is 1.78. The summed E-state index contributed by atoms with van der Waals surface area (Å²) in [4.78, 5) is 43.6. The van der Waals surface area contributed by atoms with Gasteiger partial charge < -0.3 is 4.74 Å². The van der Waals surface area contributed by atoms with Crippen molar-refractivity contribution in [2.75, 3.05) is 23.2 Å². The van der Waals surface area contributed by atoms with Gasteiger partial charge in [-0.1, -0.05) is 0 Å². The van der Waals surface area contributed by atoms with E-state index in [9.17, 15) is 18.8 Å². The molecule has 1 aromatic rings. The lowest BCUT2D eigenvalue weighted by molar-refractivity contribution is -0.129. The molecule has 0 saturated heterocycles. The van der Waals surface area contributed by atoms with E-state index in [1.54, 1.807) is 6.92 Å². The number of imide groups is 1. The molecule has 0 bridgehead atoms. The Labute approximate surface area is 148 Å². The number of rotatable bonds is 3. The molecule has 2 heterocycles. The number of hydrogen-bond donors (Lipinski definition) is 0. The maximum Gasteiger partial charge on any atom is 0.288 e. The molecule has 0 spiro atoms. The van der Waals surface area contributed by atoms with Gasteiger partial charge in [-0.3, -0.25) is 19.2 Å². The lowest BCUT2D eigenvalue weighted by atomic mass is 9.93. The third-order valence-corrected chi connectivity index (χ3v) is 4.71. The summed E-state index contributed by atoms with van der Waals surface area (Å²) in [5, 5.41) is 1.01. The van der Waals surface area contributed by atoms with E-state index in [0.717, 1.165) is 28.9 Å². The first kappa shape index (κ1) is 16.7. The van der Waals surface area contributed by atoms with Crippen LogP contribution in [0, 0.1) is 5.82 Å². The summed E-state index contributed by atoms with van der Waals surface area (Å²) in [7, 11) is 0. The SMILES string of the molecule is CCON1C(=O)COc2cc(F)c(N3C(=O)C4=C(CCCC4)C3=O)cc21. The van der Waals surface area contributed by atoms with Crippen LogP contribution in [0.15, 0.2) is 23.3 Å². The molecule has 0 unspecified atom stereocenters. The molecule has 3 aliphatic rings. The highest BCUT2D eigenvalue weighted by Gasteiger charge is 2.41. The molecule has 7 nitrogen and oxygen atoms in total. The van der Waals surface area contributed by atoms with Crippen LogP contribution < -0.4 is 14.7 Å². The predicted octanol–water partition coefficient (Wildman–Crippen LogP) is 2.25. The largest absolute Gasteiger partial charge is 0.481 e. The first-order valence-electron chi connectivity index (χ1n) is 8.56. The van der Waals surface area contributed by atoms with Gasteiger partial charge >= 0.3 is 0 Å². The molecule has 3 amide bonds. The summed E-state index contributed by atoms with van der Waals surface area (Å²) < 4.78 is 19.9. The third kappa shape index (κ3) is 2.40. The van der Waals surface area contributed by atoms with Crippen LogP contribution in [0.3, 0.4) is 0 Å². The highest BCUT2D eigenvalue weighted by Crippen LogP contribution is 2.41. The van der Waals surface area contributed by atoms with Crippen molar-refractivity contribution in [3.05, 3.63) is 29.1 Å². The number of amides is 3. The smallest absolute Gasteiger partial charge is 0.288 e. The molecule has 1 aromatic carbocycles. The Morgan fingerprint density at radius 3 is 2.35 bits per heavy atom. The van der Waals surface area contributed by atoms with Gasteiger partial charge in [0.15, 0.2) is 12.4 Å². The van der Waals surface area contributed by atoms with Crippen molar-refractivity contribution in [3.63, 3.8) is 0 Å². The molecule has 0 N–H and O–H groups in total. The minimum absolute atomic E-state index is 0.121. The summed E-state index contributed by atoms with van der Waals surface area (Å²) >= 11 is 0. The van der Waals surface area contributed by atoms with Gasteiger partial charge in [0.05, 0.1) is 12.3 Å². The highest BCUT2D eigenvalue weighted by molar-refractivity contribution is 6.33. The van der Waals surface area contributed by atoms with Crippen molar-refractivity contribution in [3.8, 4) is 5.75 Å². The second-order valence-corrected chi connectivity index (χ2v) is 6.28. The number of hydrogen-bond acceptors (Lipinski definition) is 5. The monoisotopic (exact) mass is 360 g/mol. The molecule has 0 saturated carbocycles. The lowest BCUT2D eigenvalue weighted by Crippen LogP contribution is -2.39. The van der Waals surface area contributed by atoms with Gasteiger partial charge in [-0.05, 0) is 38.7 Å². The zero-order valence-electron chi connectivity index (χ0n) is 14.2. The molecule has 0 fully saturated rings. The summed E-state index contributed by atoms with van der Waals surface area (Å²) in [6.07, 6.45) is 2.71. The van der Waals surface area contributed by atoms with Crippen LogP contribution in [0.1, 0.15) is 32.6 Å². The zero-order chi connectivity index (χ0) is 18.4. The molecular weight excluding hydrogens is 343 g/mol. The van der Waals surface area contributed by atoms with Crippen molar-refractivity contribution < 1.29 is 28.3 Å². The fourth-order valence-electron chi connectivity index (χ4n) is 3.54. The number of ether oxygens (including phenoxy) is 1. The third-order valence-electron chi connectivity index (χ3n) is 4.71. The van der Waals surface area contributed by atoms with Gasteiger partial charge in [-0.25, -0.2) is 9.29 Å². The molecule has 0 aromatic heterocycles. The van der Waals surface area contributed by atoms with E-state index in [-0.39, 0.29) is 30.3 Å². The molecule has 0 radical (unpaired) electrons. The topological polar surface area (TPSA) is 76.2 Å². The van der Waals surface area contributed by atoms with Gasteiger partial charge in [-0.15, -0.1) is 0 Å². The molecule has 4 rings (SSSR count). The van der Waals surface area contributed by atoms with Crippen LogP contribution in [-0.4, -0.2) is 30.9 Å². The minimum atomic E-state index is -0.768. The van der Waals surface area contributed by atoms with E-state index in [4.69, 9.17) is 9.57 Å². The molecule has 0 atom stereocenters. The quantitative estimate of drug-likeness (QED) is 0.773. The van der Waals surface area contributed by atoms with Crippen molar-refractivity contribution in [1.29, 1.82) is 0 Å². The van der Waals surface area contributed by atoms with Gasteiger partial charge in [0.25, 0.3) is 17.7 Å². The van der Waals surface area contributed by atoms with Gasteiger partial charge in [-0.2, -0.15) is 5.06 Å². The maximum absolute atomic E-state index is 14.7. The summed E-state index contributed by atoms with van der Waals surface area (Å²) in [5.74, 6) is -2.08. The lowest BCUT2D eigenvalue weighted by Gasteiger charge is -2.29. The average molecular weight is 360 g/mol. The normalized spacial score (nSPS) is 19.7. The van der Waals surface area contributed by atoms with Crippen molar-refractivity contribution in [2.45, 2.75) is 32.6 Å². The van der Waals surface area contributed by atoms with Crippen LogP contribution in [0.2, 0.25) is 0 Å². The summed E-state index contributed by atoms with van der Waals surface area (Å²) in [5.41, 5.74) is 0.904. The Morgan fingerprint density at radius 1 is 1.08 bits per heavy atom. The molecule has 26 heavy (non-hydrogen) atoms. The zero-order valence-corrected chi connectivity index (χ0v) is 14.2. The highest BCUT2D eigenvalue weighted by atomic mass is 19.1. The number of halogens is 1. The molecule has 2 aliphatic heterocycles. The van der Waals surface area contributed by atoms with Gasteiger partial charge in [0.2, 0.25) is 0 Å². The first-order chi connectivity index (χ1) is 12.5. The number of carbonyl (C=O) groups is 3. The number of fused-ring (bicyclic) bond motifs is 1. The van der Waals surface area contributed by atoms with Crippen molar-refractivity contribution in [2.24, 2.45) is 0 Å². The van der Waals surface area contributed by atoms with Crippen LogP contribution in [0.4, 0.5) is 15.8 Å². The maximum atomic E-state index is 14.7. The number of anilines is 2. The standard InChI is InChI=1S/C18H17FN2O5/c1-2-26-21-14-8-13(12(19)7-15(14)25-9-16(21)22)20-17(23)10-5-3-4-6-11(10)18(20)24/h7-8H,2-6,9H2,1H3. The molecule has 8 heteroatoms. The van der Waals surface area contributed by atoms with Crippen LogP contribution in [0.5, 0.6) is 5.75 Å². The van der Waals surface area contributed by atoms with E-state index in [0.29, 0.717) is 24.0 Å². The predicted molar refractivity (Wildman–Crippen MR) is 89.0 cm³/mol. The fourth-order valence-corrected chi connectivity index (χ4v) is 3.54. The molecular formula is C18H17FN2O5. The average Bonchev–Trinajstić information content (AvgIpc) is 2.89. The van der Waals surface area contributed by atoms with Crippen LogP contribution in [-0.2, 0) is 19.2 Å². The summed E-state index contributed by atoms with van der Waals surface area (Å²) in [6.45, 7) is 1.65. The number of carbonyl (C=O) groups excluding carboxylic acids is 3. The number of benzene rings is 1. The van der Waals surface area contributed by atoms with E-state index >= 15 is 0 Å². The Kier molecular flexibility index (Phi) is 3.99. The summed E-state index contributed by atoms with van der Waals surface area (Å²) in [6, 6.07) is 2.33. The van der Waals surface area contributed by atoms with Gasteiger partial charge in [0, 0.05) is 17.2 Å². The number of hydroxylamine groups is 1. The van der Waals surface area contributed by atoms with Crippen molar-refractivity contribution >= 4 is 29.1 Å². The first-order valence-corrected chi connectivity index (χ1v) is 8.56.